The first kappa shape index (κ1) is 29.3. The number of pyridine rings is 1. The number of likely N-dealkylation sites (tertiary alicyclic amines) is 1. The Labute approximate surface area is 223 Å². The molecular weight excluding hydrogens is 493 g/mol. The van der Waals surface area contributed by atoms with Crippen molar-refractivity contribution in [1.29, 1.82) is 0 Å². The molecule has 0 unspecified atom stereocenters. The third-order valence-corrected chi connectivity index (χ3v) is 5.91. The summed E-state index contributed by atoms with van der Waals surface area (Å²) in [7, 11) is 0. The van der Waals surface area contributed by atoms with Crippen LogP contribution >= 0.6 is 0 Å². The van der Waals surface area contributed by atoms with Gasteiger partial charge in [-0.2, -0.15) is 13.2 Å². The number of aryl methyl sites for hydroxylation is 1. The fourth-order valence-electron chi connectivity index (χ4n) is 4.08. The molecule has 2 aromatic rings. The molecule has 206 valence electrons. The minimum absolute atomic E-state index is 0.0252. The van der Waals surface area contributed by atoms with Crippen LogP contribution in [0.15, 0.2) is 30.3 Å². The van der Waals surface area contributed by atoms with Crippen molar-refractivity contribution in [3.05, 3.63) is 41.6 Å². The number of ether oxygens (including phenoxy) is 1. The lowest BCUT2D eigenvalue weighted by molar-refractivity contribution is -0.110. The van der Waals surface area contributed by atoms with Crippen LogP contribution in [0.25, 0.3) is 11.1 Å². The van der Waals surface area contributed by atoms with Gasteiger partial charge >= 0.3 is 12.2 Å². The van der Waals surface area contributed by atoms with Crippen molar-refractivity contribution in [1.82, 2.24) is 9.88 Å². The van der Waals surface area contributed by atoms with E-state index in [2.05, 4.69) is 74.0 Å². The van der Waals surface area contributed by atoms with Gasteiger partial charge in [-0.05, 0) is 87.4 Å². The van der Waals surface area contributed by atoms with Gasteiger partial charge in [0.15, 0.2) is 0 Å². The third-order valence-electron chi connectivity index (χ3n) is 5.91. The molecule has 2 amide bonds. The van der Waals surface area contributed by atoms with Crippen molar-refractivity contribution in [2.45, 2.75) is 53.6 Å². The van der Waals surface area contributed by atoms with Gasteiger partial charge in [0.2, 0.25) is 0 Å². The molecule has 1 aromatic heterocycles. The Bertz CT molecular complexity index is 1160. The van der Waals surface area contributed by atoms with Gasteiger partial charge in [-0.15, -0.1) is 0 Å². The van der Waals surface area contributed by atoms with E-state index in [9.17, 15) is 18.0 Å². The Morgan fingerprint density at radius 2 is 1.63 bits per heavy atom. The van der Waals surface area contributed by atoms with Crippen molar-refractivity contribution in [3.8, 4) is 23.0 Å². The Balaban J connectivity index is 0.000000732. The summed E-state index contributed by atoms with van der Waals surface area (Å²) in [6, 6.07) is 10.2. The largest absolute Gasteiger partial charge is 0.386 e. The lowest BCUT2D eigenvalue weighted by Gasteiger charge is -2.28. The maximum Gasteiger partial charge on any atom is 0.386 e. The predicted molar refractivity (Wildman–Crippen MR) is 145 cm³/mol. The van der Waals surface area contributed by atoms with Crippen LogP contribution in [0.1, 0.15) is 51.8 Å². The number of hydrogen-bond acceptors (Lipinski definition) is 4. The van der Waals surface area contributed by atoms with Gasteiger partial charge in [0, 0.05) is 44.2 Å². The number of aromatic nitrogens is 1. The van der Waals surface area contributed by atoms with Crippen LogP contribution < -0.4 is 10.2 Å². The number of anilines is 2. The molecule has 2 fully saturated rings. The molecule has 2 aliphatic rings. The summed E-state index contributed by atoms with van der Waals surface area (Å²) >= 11 is 0. The molecule has 38 heavy (non-hydrogen) atoms. The van der Waals surface area contributed by atoms with Crippen molar-refractivity contribution in [2.24, 2.45) is 5.41 Å². The highest BCUT2D eigenvalue weighted by molar-refractivity contribution is 5.90. The molecule has 0 radical (unpaired) electrons. The van der Waals surface area contributed by atoms with Crippen molar-refractivity contribution in [2.75, 3.05) is 49.6 Å². The van der Waals surface area contributed by atoms with Crippen LogP contribution in [0.5, 0.6) is 0 Å². The highest BCUT2D eigenvalue weighted by Gasteiger charge is 2.19. The SMILES string of the molecule is CC(F)(F)F.Cc1ccc(NC(=O)N2CCCC2)cc1-c1cc(C#CC(C)(C)C)nc(N2CCOCC2)c1. The fourth-order valence-corrected chi connectivity index (χ4v) is 4.08. The Hall–Kier alpha value is -3.25. The smallest absolute Gasteiger partial charge is 0.378 e. The molecule has 9 heteroatoms. The summed E-state index contributed by atoms with van der Waals surface area (Å²) in [5, 5.41) is 3.08. The Morgan fingerprint density at radius 3 is 2.24 bits per heavy atom. The second-order valence-electron chi connectivity index (χ2n) is 10.6. The van der Waals surface area contributed by atoms with Crippen LogP contribution in [0.4, 0.5) is 29.5 Å². The van der Waals surface area contributed by atoms with Gasteiger partial charge in [-0.1, -0.05) is 12.0 Å². The number of amides is 2. The number of alkyl halides is 3. The quantitative estimate of drug-likeness (QED) is 0.461. The van der Waals surface area contributed by atoms with E-state index in [-0.39, 0.29) is 18.4 Å². The number of morpholine rings is 1. The van der Waals surface area contributed by atoms with E-state index < -0.39 is 6.18 Å². The zero-order chi connectivity index (χ0) is 27.9. The zero-order valence-electron chi connectivity index (χ0n) is 22.8. The standard InChI is InChI=1S/C27H34N4O2.C2H3F3/c1-20-7-8-22(29-26(32)31-11-5-6-12-31)19-24(20)21-17-23(9-10-27(2,3)4)28-25(18-21)30-13-15-33-16-14-30;1-2(3,4)5/h7-8,17-19H,5-6,11-16H2,1-4H3,(H,29,32);1H3. The van der Waals surface area contributed by atoms with E-state index in [1.165, 1.54) is 0 Å². The molecule has 0 bridgehead atoms. The molecule has 2 saturated heterocycles. The lowest BCUT2D eigenvalue weighted by atomic mass is 9.97. The van der Waals surface area contributed by atoms with E-state index in [4.69, 9.17) is 9.72 Å². The second-order valence-corrected chi connectivity index (χ2v) is 10.6. The highest BCUT2D eigenvalue weighted by Crippen LogP contribution is 2.30. The first-order valence-electron chi connectivity index (χ1n) is 12.9. The van der Waals surface area contributed by atoms with Gasteiger partial charge in [0.05, 0.1) is 13.2 Å². The van der Waals surface area contributed by atoms with Gasteiger partial charge in [0.25, 0.3) is 0 Å². The first-order chi connectivity index (χ1) is 17.8. The number of carbonyl (C=O) groups is 1. The third kappa shape index (κ3) is 9.56. The highest BCUT2D eigenvalue weighted by atomic mass is 19.4. The Morgan fingerprint density at radius 1 is 1.00 bits per heavy atom. The number of urea groups is 1. The normalized spacial score (nSPS) is 15.8. The molecule has 3 heterocycles. The molecule has 0 saturated carbocycles. The van der Waals surface area contributed by atoms with Crippen LogP contribution in [0.2, 0.25) is 0 Å². The van der Waals surface area contributed by atoms with E-state index in [0.29, 0.717) is 13.2 Å². The molecule has 0 aliphatic carbocycles. The van der Waals surface area contributed by atoms with Gasteiger partial charge in [-0.25, -0.2) is 9.78 Å². The van der Waals surface area contributed by atoms with E-state index in [0.717, 1.165) is 72.9 Å². The second kappa shape index (κ2) is 12.5. The summed E-state index contributed by atoms with van der Waals surface area (Å²) in [5.41, 5.74) is 4.73. The van der Waals surface area contributed by atoms with Crippen LogP contribution in [0.3, 0.4) is 0 Å². The van der Waals surface area contributed by atoms with E-state index >= 15 is 0 Å². The van der Waals surface area contributed by atoms with Crippen molar-refractivity contribution in [3.63, 3.8) is 0 Å². The van der Waals surface area contributed by atoms with Crippen molar-refractivity contribution >= 4 is 17.5 Å². The molecule has 0 atom stereocenters. The van der Waals surface area contributed by atoms with Crippen LogP contribution in [-0.4, -0.2) is 61.5 Å². The first-order valence-corrected chi connectivity index (χ1v) is 12.9. The zero-order valence-corrected chi connectivity index (χ0v) is 22.8. The van der Waals surface area contributed by atoms with E-state index in [1.807, 2.05) is 11.0 Å². The molecular formula is C29H37F3N4O2. The summed E-state index contributed by atoms with van der Waals surface area (Å²) in [6.07, 6.45) is -1.85. The minimum Gasteiger partial charge on any atom is -0.378 e. The van der Waals surface area contributed by atoms with Crippen LogP contribution in [-0.2, 0) is 4.74 Å². The summed E-state index contributed by atoms with van der Waals surface area (Å²) in [4.78, 5) is 21.6. The molecule has 2 aliphatic heterocycles. The maximum absolute atomic E-state index is 12.6. The number of carbonyl (C=O) groups excluding carboxylic acids is 1. The number of nitrogens with zero attached hydrogens (tertiary/aromatic N) is 3. The van der Waals surface area contributed by atoms with Gasteiger partial charge in [0.1, 0.15) is 11.5 Å². The summed E-state index contributed by atoms with van der Waals surface area (Å²) in [6.45, 7) is 13.3. The Kier molecular flexibility index (Phi) is 9.66. The lowest BCUT2D eigenvalue weighted by Crippen LogP contribution is -2.36. The number of nitrogens with one attached hydrogen (secondary N) is 1. The average Bonchev–Trinajstić information content (AvgIpc) is 3.38. The predicted octanol–water partition coefficient (Wildman–Crippen LogP) is 6.49. The molecule has 6 nitrogen and oxygen atoms in total. The molecule has 0 spiro atoms. The maximum atomic E-state index is 12.6. The van der Waals surface area contributed by atoms with Crippen molar-refractivity contribution < 1.29 is 22.7 Å². The fraction of sp³-hybridized carbons (Fsp3) is 0.517. The number of halogens is 3. The average molecular weight is 531 g/mol. The van der Waals surface area contributed by atoms with Crippen LogP contribution in [0, 0.1) is 24.2 Å². The van der Waals surface area contributed by atoms with Gasteiger partial charge in [-0.3, -0.25) is 0 Å². The molecule has 4 rings (SSSR count). The minimum atomic E-state index is -4.00. The van der Waals surface area contributed by atoms with Gasteiger partial charge < -0.3 is 19.9 Å². The molecule has 1 N–H and O–H groups in total. The molecule has 1 aromatic carbocycles. The summed E-state index contributed by atoms with van der Waals surface area (Å²) in [5.74, 6) is 7.51. The number of rotatable bonds is 3. The number of hydrogen-bond donors (Lipinski definition) is 1. The van der Waals surface area contributed by atoms with E-state index in [1.54, 1.807) is 0 Å². The topological polar surface area (TPSA) is 57.7 Å². The number of benzene rings is 1. The summed E-state index contributed by atoms with van der Waals surface area (Å²) < 4.78 is 36.6. The monoisotopic (exact) mass is 530 g/mol.